The van der Waals surface area contributed by atoms with E-state index in [0.717, 1.165) is 12.3 Å². The van der Waals surface area contributed by atoms with Gasteiger partial charge in [0, 0.05) is 12.6 Å². The van der Waals surface area contributed by atoms with Crippen molar-refractivity contribution in [3.8, 4) is 0 Å². The Labute approximate surface area is 88.4 Å². The first kappa shape index (κ1) is 11.7. The van der Waals surface area contributed by atoms with Crippen LogP contribution in [0.1, 0.15) is 26.2 Å². The van der Waals surface area contributed by atoms with E-state index in [9.17, 15) is 0 Å². The van der Waals surface area contributed by atoms with Gasteiger partial charge in [0.05, 0.1) is 0 Å². The fourth-order valence-electron chi connectivity index (χ4n) is 2.14. The molecule has 0 aromatic carbocycles. The zero-order chi connectivity index (χ0) is 10.4. The molecule has 1 rings (SSSR count). The maximum absolute atomic E-state index is 3.76. The van der Waals surface area contributed by atoms with Crippen LogP contribution in [0, 0.1) is 5.92 Å². The minimum atomic E-state index is 0.583. The maximum atomic E-state index is 3.76. The number of hydrogen-bond donors (Lipinski definition) is 1. The van der Waals surface area contributed by atoms with Gasteiger partial charge in [-0.3, -0.25) is 0 Å². The lowest BCUT2D eigenvalue weighted by Crippen LogP contribution is -2.39. The van der Waals surface area contributed by atoms with Crippen LogP contribution in [0.2, 0.25) is 0 Å². The average molecular weight is 196 g/mol. The number of rotatable bonds is 5. The van der Waals surface area contributed by atoms with Crippen LogP contribution in [0.4, 0.5) is 0 Å². The van der Waals surface area contributed by atoms with Gasteiger partial charge in [-0.25, -0.2) is 0 Å². The van der Waals surface area contributed by atoms with Gasteiger partial charge >= 0.3 is 0 Å². The van der Waals surface area contributed by atoms with E-state index in [0.29, 0.717) is 6.04 Å². The van der Waals surface area contributed by atoms with Crippen LogP contribution in [-0.4, -0.2) is 37.6 Å². The van der Waals surface area contributed by atoms with Crippen molar-refractivity contribution in [1.82, 2.24) is 10.2 Å². The summed E-state index contributed by atoms with van der Waals surface area (Å²) >= 11 is 0. The van der Waals surface area contributed by atoms with Crippen LogP contribution in [0.3, 0.4) is 0 Å². The van der Waals surface area contributed by atoms with Gasteiger partial charge in [-0.15, -0.1) is 6.58 Å². The van der Waals surface area contributed by atoms with E-state index in [1.807, 2.05) is 6.08 Å². The Kier molecular flexibility index (Phi) is 5.20. The Bertz CT molecular complexity index is 168. The van der Waals surface area contributed by atoms with Gasteiger partial charge in [0.25, 0.3) is 0 Å². The minimum Gasteiger partial charge on any atom is -0.314 e. The quantitative estimate of drug-likeness (QED) is 0.675. The third-order valence-corrected chi connectivity index (χ3v) is 3.00. The first-order chi connectivity index (χ1) is 6.72. The molecule has 2 heteroatoms. The second kappa shape index (κ2) is 6.20. The molecule has 0 aromatic rings. The molecule has 2 atom stereocenters. The van der Waals surface area contributed by atoms with Crippen molar-refractivity contribution in [2.75, 3.05) is 26.7 Å². The number of likely N-dealkylation sites (tertiary alicyclic amines) is 1. The highest BCUT2D eigenvalue weighted by Crippen LogP contribution is 2.14. The summed E-state index contributed by atoms with van der Waals surface area (Å²) in [7, 11) is 2.22. The van der Waals surface area contributed by atoms with E-state index in [-0.39, 0.29) is 0 Å². The first-order valence-electron chi connectivity index (χ1n) is 5.75. The first-order valence-corrected chi connectivity index (χ1v) is 5.75. The number of piperidine rings is 1. The molecule has 0 bridgehead atoms. The highest BCUT2D eigenvalue weighted by Gasteiger charge is 2.16. The van der Waals surface area contributed by atoms with E-state index >= 15 is 0 Å². The van der Waals surface area contributed by atoms with Gasteiger partial charge in [-0.2, -0.15) is 0 Å². The topological polar surface area (TPSA) is 15.3 Å². The summed E-state index contributed by atoms with van der Waals surface area (Å²) < 4.78 is 0. The van der Waals surface area contributed by atoms with E-state index in [1.54, 1.807) is 0 Å². The molecular formula is C12H24N2. The summed E-state index contributed by atoms with van der Waals surface area (Å²) in [5.74, 6) is 0.848. The molecule has 1 saturated heterocycles. The monoisotopic (exact) mass is 196 g/mol. The second-order valence-corrected chi connectivity index (χ2v) is 4.60. The predicted octanol–water partition coefficient (Wildman–Crippen LogP) is 1.88. The van der Waals surface area contributed by atoms with Crippen molar-refractivity contribution < 1.29 is 0 Å². The minimum absolute atomic E-state index is 0.583. The Hall–Kier alpha value is -0.340. The summed E-state index contributed by atoms with van der Waals surface area (Å²) in [4.78, 5) is 2.44. The van der Waals surface area contributed by atoms with Crippen molar-refractivity contribution in [2.45, 2.75) is 32.2 Å². The van der Waals surface area contributed by atoms with Gasteiger partial charge in [0.1, 0.15) is 0 Å². The molecule has 1 aliphatic rings. The van der Waals surface area contributed by atoms with Crippen molar-refractivity contribution >= 4 is 0 Å². The highest BCUT2D eigenvalue weighted by molar-refractivity contribution is 4.78. The van der Waals surface area contributed by atoms with Gasteiger partial charge in [-0.05, 0) is 52.2 Å². The SMILES string of the molecule is C=CCC(C)NCC1CCCN(C)C1. The summed E-state index contributed by atoms with van der Waals surface area (Å²) in [5.41, 5.74) is 0. The van der Waals surface area contributed by atoms with Crippen molar-refractivity contribution in [3.05, 3.63) is 12.7 Å². The molecule has 2 nitrogen and oxygen atoms in total. The molecule has 0 saturated carbocycles. The van der Waals surface area contributed by atoms with E-state index in [1.165, 1.54) is 32.5 Å². The highest BCUT2D eigenvalue weighted by atomic mass is 15.1. The van der Waals surface area contributed by atoms with Crippen LogP contribution >= 0.6 is 0 Å². The molecular weight excluding hydrogens is 172 g/mol. The van der Waals surface area contributed by atoms with Crippen LogP contribution in [-0.2, 0) is 0 Å². The maximum Gasteiger partial charge on any atom is 0.00732 e. The third-order valence-electron chi connectivity index (χ3n) is 3.00. The zero-order valence-electron chi connectivity index (χ0n) is 9.63. The van der Waals surface area contributed by atoms with Gasteiger partial charge in [-0.1, -0.05) is 6.08 Å². The Morgan fingerprint density at radius 2 is 2.43 bits per heavy atom. The summed E-state index contributed by atoms with van der Waals surface area (Å²) in [5, 5.41) is 3.58. The largest absolute Gasteiger partial charge is 0.314 e. The molecule has 1 fully saturated rings. The molecule has 14 heavy (non-hydrogen) atoms. The zero-order valence-corrected chi connectivity index (χ0v) is 9.63. The van der Waals surface area contributed by atoms with Crippen LogP contribution in [0.25, 0.3) is 0 Å². The lowest BCUT2D eigenvalue weighted by molar-refractivity contribution is 0.203. The normalized spacial score (nSPS) is 26.0. The van der Waals surface area contributed by atoms with Crippen LogP contribution in [0.5, 0.6) is 0 Å². The Morgan fingerprint density at radius 1 is 1.64 bits per heavy atom. The van der Waals surface area contributed by atoms with Gasteiger partial charge < -0.3 is 10.2 Å². The molecule has 1 N–H and O–H groups in total. The fraction of sp³-hybridized carbons (Fsp3) is 0.833. The average Bonchev–Trinajstić information content (AvgIpc) is 2.15. The number of nitrogens with one attached hydrogen (secondary N) is 1. The van der Waals surface area contributed by atoms with Crippen LogP contribution < -0.4 is 5.32 Å². The molecule has 0 amide bonds. The molecule has 0 radical (unpaired) electrons. The van der Waals surface area contributed by atoms with Crippen molar-refractivity contribution in [3.63, 3.8) is 0 Å². The molecule has 0 aliphatic carbocycles. The Morgan fingerprint density at radius 3 is 3.07 bits per heavy atom. The molecule has 0 aromatic heterocycles. The van der Waals surface area contributed by atoms with Crippen molar-refractivity contribution in [2.24, 2.45) is 5.92 Å². The van der Waals surface area contributed by atoms with E-state index in [2.05, 4.69) is 30.8 Å². The Balaban J connectivity index is 2.13. The predicted molar refractivity (Wildman–Crippen MR) is 62.5 cm³/mol. The number of nitrogens with zero attached hydrogens (tertiary/aromatic N) is 1. The molecule has 1 aliphatic heterocycles. The smallest absolute Gasteiger partial charge is 0.00732 e. The lowest BCUT2D eigenvalue weighted by Gasteiger charge is -2.30. The molecule has 1 heterocycles. The van der Waals surface area contributed by atoms with E-state index < -0.39 is 0 Å². The van der Waals surface area contributed by atoms with E-state index in [4.69, 9.17) is 0 Å². The van der Waals surface area contributed by atoms with Gasteiger partial charge in [0.15, 0.2) is 0 Å². The summed E-state index contributed by atoms with van der Waals surface area (Å²) in [6, 6.07) is 0.583. The van der Waals surface area contributed by atoms with Crippen molar-refractivity contribution in [1.29, 1.82) is 0 Å². The summed E-state index contributed by atoms with van der Waals surface area (Å²) in [6.07, 6.45) is 5.81. The number of hydrogen-bond acceptors (Lipinski definition) is 2. The molecule has 0 spiro atoms. The second-order valence-electron chi connectivity index (χ2n) is 4.60. The fourth-order valence-corrected chi connectivity index (χ4v) is 2.14. The lowest BCUT2D eigenvalue weighted by atomic mass is 9.98. The third kappa shape index (κ3) is 4.25. The van der Waals surface area contributed by atoms with Gasteiger partial charge in [0.2, 0.25) is 0 Å². The standard InChI is InChI=1S/C12H24N2/c1-4-6-11(2)13-9-12-7-5-8-14(3)10-12/h4,11-13H,1,5-10H2,2-3H3. The molecule has 2 unspecified atom stereocenters. The van der Waals surface area contributed by atoms with Crippen LogP contribution in [0.15, 0.2) is 12.7 Å². The summed E-state index contributed by atoms with van der Waals surface area (Å²) in [6.45, 7) is 9.69. The molecule has 82 valence electrons.